The third-order valence-electron chi connectivity index (χ3n) is 19.1. The Labute approximate surface area is 614 Å². The van der Waals surface area contributed by atoms with E-state index in [0.29, 0.717) is 17.4 Å². The number of rotatable bonds is 80. The standard InChI is InChI=1S/C90H163NO8/c1-6-8-10-12-14-16-18-20-22-24-26-28-30-32-34-36-38-40-41-42-43-44-45-46-47-49-51-53-55-57-59-61-63-65-67-69-71-73-75-77-79-81-88(93)99-86(85-98-90(89(94)95)96-83-82-91(3,4)5)84-97-87(92)80-78-76-74-72-70-68-66-64-62-60-58-56-54-52-50-48-39-37-35-33-31-29-27-25-23-21-19-17-15-13-11-9-7-2/h8,10,14,16,19-22,25-28,32,34,86,90H,6-7,9,11-13,15,17-18,23-24,29-31,33,35-85H2,1-5H3/b10-8-,16-14-,21-19-,22-20-,27-25-,28-26-,34-32-. The van der Waals surface area contributed by atoms with Crippen LogP contribution in [0.15, 0.2) is 85.1 Å². The van der Waals surface area contributed by atoms with Gasteiger partial charge in [-0.15, -0.1) is 0 Å². The molecule has 0 aliphatic carbocycles. The van der Waals surface area contributed by atoms with Crippen LogP contribution in [0.2, 0.25) is 0 Å². The number of quaternary nitrogens is 1. The van der Waals surface area contributed by atoms with Crippen LogP contribution < -0.4 is 5.11 Å². The summed E-state index contributed by atoms with van der Waals surface area (Å²) in [6.45, 7) is 4.69. The molecule has 0 aliphatic rings. The van der Waals surface area contributed by atoms with Crippen molar-refractivity contribution in [3.63, 3.8) is 0 Å². The third-order valence-corrected chi connectivity index (χ3v) is 19.1. The number of esters is 2. The van der Waals surface area contributed by atoms with Gasteiger partial charge in [-0.25, -0.2) is 0 Å². The summed E-state index contributed by atoms with van der Waals surface area (Å²) in [5.74, 6) is -2.25. The summed E-state index contributed by atoms with van der Waals surface area (Å²) in [5, 5.41) is 11.9. The van der Waals surface area contributed by atoms with Gasteiger partial charge in [-0.3, -0.25) is 9.59 Å². The SMILES string of the molecule is CC/C=C\C/C=C\C/C=C\C/C=C\C/C=C\CCCCCCCCCCCCCCCCCCCCCCCCCCCC(=O)OC(COC(=O)CCCCCCCCCCCCCCCCCCCCCCC/C=C\C/C=C\CCCCCCC)COC(OCC[N+](C)(C)C)C(=O)[O-]. The predicted molar refractivity (Wildman–Crippen MR) is 426 cm³/mol. The molecule has 9 nitrogen and oxygen atoms in total. The summed E-state index contributed by atoms with van der Waals surface area (Å²) >= 11 is 0. The van der Waals surface area contributed by atoms with E-state index in [9.17, 15) is 19.5 Å². The van der Waals surface area contributed by atoms with E-state index in [2.05, 4.69) is 98.9 Å². The fraction of sp³-hybridized carbons (Fsp3) is 0.811. The van der Waals surface area contributed by atoms with Crippen LogP contribution in [0.4, 0.5) is 0 Å². The molecule has 576 valence electrons. The molecular weight excluding hydrogens is 1220 g/mol. The normalized spacial score (nSPS) is 13.0. The Balaban J connectivity index is 3.93. The minimum absolute atomic E-state index is 0.149. The first-order valence-corrected chi connectivity index (χ1v) is 42.7. The molecule has 0 aromatic carbocycles. The highest BCUT2D eigenvalue weighted by molar-refractivity contribution is 5.70. The number of hydrogen-bond acceptors (Lipinski definition) is 8. The van der Waals surface area contributed by atoms with Gasteiger partial charge in [0, 0.05) is 12.8 Å². The summed E-state index contributed by atoms with van der Waals surface area (Å²) in [6, 6.07) is 0. The van der Waals surface area contributed by atoms with Gasteiger partial charge in [-0.1, -0.05) is 394 Å². The minimum Gasteiger partial charge on any atom is -0.545 e. The van der Waals surface area contributed by atoms with Crippen molar-refractivity contribution >= 4 is 17.9 Å². The number of carbonyl (C=O) groups is 3. The van der Waals surface area contributed by atoms with Crippen molar-refractivity contribution in [1.29, 1.82) is 0 Å². The monoisotopic (exact) mass is 1390 g/mol. The van der Waals surface area contributed by atoms with Gasteiger partial charge in [0.15, 0.2) is 12.4 Å². The summed E-state index contributed by atoms with van der Waals surface area (Å²) in [4.78, 5) is 37.7. The molecule has 0 saturated heterocycles. The molecule has 0 fully saturated rings. The summed E-state index contributed by atoms with van der Waals surface area (Å²) in [6.07, 6.45) is 107. The van der Waals surface area contributed by atoms with Crippen molar-refractivity contribution in [2.24, 2.45) is 0 Å². The van der Waals surface area contributed by atoms with Gasteiger partial charge in [0.2, 0.25) is 0 Å². The molecule has 0 amide bonds. The zero-order chi connectivity index (χ0) is 71.8. The maximum atomic E-state index is 13.0. The lowest BCUT2D eigenvalue weighted by molar-refractivity contribution is -0.870. The molecule has 0 aromatic heterocycles. The Bertz CT molecular complexity index is 1910. The van der Waals surface area contributed by atoms with E-state index < -0.39 is 24.3 Å². The number of ether oxygens (including phenoxy) is 4. The van der Waals surface area contributed by atoms with E-state index in [1.54, 1.807) is 0 Å². The van der Waals surface area contributed by atoms with Crippen molar-refractivity contribution in [2.45, 2.75) is 424 Å². The molecule has 0 heterocycles. The number of hydrogen-bond donors (Lipinski definition) is 0. The lowest BCUT2D eigenvalue weighted by Gasteiger charge is -2.26. The average Bonchev–Trinajstić information content (AvgIpc) is 2.62. The van der Waals surface area contributed by atoms with Crippen molar-refractivity contribution in [3.8, 4) is 0 Å². The molecule has 0 saturated carbocycles. The molecule has 9 heteroatoms. The first-order valence-electron chi connectivity index (χ1n) is 42.7. The number of unbranched alkanes of at least 4 members (excludes halogenated alkanes) is 51. The fourth-order valence-electron chi connectivity index (χ4n) is 12.7. The number of carboxylic acid groups (broad SMARTS) is 1. The first-order chi connectivity index (χ1) is 48.6. The van der Waals surface area contributed by atoms with Crippen LogP contribution in [0.3, 0.4) is 0 Å². The zero-order valence-electron chi connectivity index (χ0n) is 66.1. The second kappa shape index (κ2) is 80.2. The van der Waals surface area contributed by atoms with Gasteiger partial charge in [0.05, 0.1) is 40.3 Å². The number of likely N-dealkylation sites (N-methyl/N-ethyl adjacent to an activating group) is 1. The average molecular weight is 1390 g/mol. The van der Waals surface area contributed by atoms with Gasteiger partial charge >= 0.3 is 11.9 Å². The smallest absolute Gasteiger partial charge is 0.306 e. The van der Waals surface area contributed by atoms with E-state index in [4.69, 9.17) is 18.9 Å². The van der Waals surface area contributed by atoms with E-state index in [1.807, 2.05) is 21.1 Å². The largest absolute Gasteiger partial charge is 0.545 e. The zero-order valence-corrected chi connectivity index (χ0v) is 66.1. The number of nitrogens with zero attached hydrogens (tertiary/aromatic N) is 1. The molecule has 0 spiro atoms. The summed E-state index contributed by atoms with van der Waals surface area (Å²) < 4.78 is 22.9. The molecule has 0 radical (unpaired) electrons. The molecule has 0 aromatic rings. The van der Waals surface area contributed by atoms with E-state index in [-0.39, 0.29) is 32.2 Å². The Morgan fingerprint density at radius 3 is 0.859 bits per heavy atom. The second-order valence-electron chi connectivity index (χ2n) is 30.1. The highest BCUT2D eigenvalue weighted by Gasteiger charge is 2.22. The van der Waals surface area contributed by atoms with Crippen LogP contribution in [0, 0.1) is 0 Å². The van der Waals surface area contributed by atoms with Crippen LogP contribution >= 0.6 is 0 Å². The molecule has 99 heavy (non-hydrogen) atoms. The van der Waals surface area contributed by atoms with Crippen LogP contribution in [-0.2, 0) is 33.3 Å². The summed E-state index contributed by atoms with van der Waals surface area (Å²) in [5.41, 5.74) is 0. The maximum absolute atomic E-state index is 13.0. The Hall–Kier alpha value is -3.53. The predicted octanol–water partition coefficient (Wildman–Crippen LogP) is 26.4. The Morgan fingerprint density at radius 2 is 0.576 bits per heavy atom. The van der Waals surface area contributed by atoms with Gasteiger partial charge in [0.25, 0.3) is 0 Å². The number of carboxylic acids is 1. The van der Waals surface area contributed by atoms with Gasteiger partial charge in [-0.2, -0.15) is 0 Å². The Morgan fingerprint density at radius 1 is 0.313 bits per heavy atom. The van der Waals surface area contributed by atoms with E-state index in [1.165, 1.54) is 308 Å². The van der Waals surface area contributed by atoms with Gasteiger partial charge in [0.1, 0.15) is 13.2 Å². The molecular formula is C90H163NO8. The minimum atomic E-state index is -1.62. The molecule has 0 bridgehead atoms. The molecule has 0 N–H and O–H groups in total. The van der Waals surface area contributed by atoms with Crippen molar-refractivity contribution < 1.29 is 42.9 Å². The van der Waals surface area contributed by atoms with Crippen LogP contribution in [0.5, 0.6) is 0 Å². The van der Waals surface area contributed by atoms with Crippen molar-refractivity contribution in [3.05, 3.63) is 85.1 Å². The molecule has 0 rings (SSSR count). The lowest BCUT2D eigenvalue weighted by Crippen LogP contribution is -2.44. The van der Waals surface area contributed by atoms with Gasteiger partial charge in [-0.05, 0) is 89.9 Å². The maximum Gasteiger partial charge on any atom is 0.306 e. The highest BCUT2D eigenvalue weighted by atomic mass is 16.7. The second-order valence-corrected chi connectivity index (χ2v) is 30.1. The number of aliphatic carboxylic acids is 1. The number of allylic oxidation sites excluding steroid dienone is 14. The first kappa shape index (κ1) is 95.5. The Kier molecular flexibility index (Phi) is 77.3. The van der Waals surface area contributed by atoms with Gasteiger partial charge < -0.3 is 33.3 Å². The topological polar surface area (TPSA) is 111 Å². The molecule has 2 unspecified atom stereocenters. The van der Waals surface area contributed by atoms with Crippen molar-refractivity contribution in [1.82, 2.24) is 0 Å². The third kappa shape index (κ3) is 81.6. The summed E-state index contributed by atoms with van der Waals surface area (Å²) in [7, 11) is 5.95. The fourth-order valence-corrected chi connectivity index (χ4v) is 12.7. The quantitative estimate of drug-likeness (QED) is 0.0195. The van der Waals surface area contributed by atoms with Crippen molar-refractivity contribution in [2.75, 3.05) is 47.5 Å². The highest BCUT2D eigenvalue weighted by Crippen LogP contribution is 2.20. The number of carbonyl (C=O) groups excluding carboxylic acids is 3. The van der Waals surface area contributed by atoms with Crippen LogP contribution in [-0.4, -0.2) is 82.3 Å². The van der Waals surface area contributed by atoms with E-state index >= 15 is 0 Å². The molecule has 0 aliphatic heterocycles. The van der Waals surface area contributed by atoms with E-state index in [0.717, 1.165) is 77.0 Å². The molecule has 2 atom stereocenters. The lowest BCUT2D eigenvalue weighted by atomic mass is 10.0. The van der Waals surface area contributed by atoms with Crippen LogP contribution in [0.25, 0.3) is 0 Å². The van der Waals surface area contributed by atoms with Crippen LogP contribution in [0.1, 0.15) is 412 Å².